The summed E-state index contributed by atoms with van der Waals surface area (Å²) in [6, 6.07) is 9.58. The van der Waals surface area contributed by atoms with Crippen molar-refractivity contribution in [1.29, 1.82) is 0 Å². The van der Waals surface area contributed by atoms with Crippen molar-refractivity contribution in [2.75, 3.05) is 4.84 Å². The standard InChI is InChI=1S/C6H6ClN.ClH/c7-8-6-4-2-1-3-5-6;/h1-5,8H;1H. The molecule has 0 aromatic heterocycles. The summed E-state index contributed by atoms with van der Waals surface area (Å²) >= 11 is 5.28. The van der Waals surface area contributed by atoms with Gasteiger partial charge in [-0.25, -0.2) is 0 Å². The van der Waals surface area contributed by atoms with Gasteiger partial charge >= 0.3 is 0 Å². The predicted molar refractivity (Wildman–Crippen MR) is 43.2 cm³/mol. The van der Waals surface area contributed by atoms with E-state index in [1.807, 2.05) is 30.3 Å². The van der Waals surface area contributed by atoms with Crippen LogP contribution in [-0.2, 0) is 0 Å². The summed E-state index contributed by atoms with van der Waals surface area (Å²) in [5.74, 6) is 0. The molecule has 0 saturated heterocycles. The van der Waals surface area contributed by atoms with Crippen LogP contribution in [0.5, 0.6) is 0 Å². The molecule has 0 heterocycles. The van der Waals surface area contributed by atoms with E-state index in [4.69, 9.17) is 11.8 Å². The van der Waals surface area contributed by atoms with E-state index in [9.17, 15) is 0 Å². The Morgan fingerprint density at radius 3 is 2.00 bits per heavy atom. The summed E-state index contributed by atoms with van der Waals surface area (Å²) in [6.45, 7) is 0. The van der Waals surface area contributed by atoms with Gasteiger partial charge in [-0.15, -0.1) is 12.4 Å². The van der Waals surface area contributed by atoms with Gasteiger partial charge in [-0.3, -0.25) is 4.84 Å². The van der Waals surface area contributed by atoms with Crippen LogP contribution in [0.25, 0.3) is 0 Å². The summed E-state index contributed by atoms with van der Waals surface area (Å²) in [5.41, 5.74) is 0.925. The lowest BCUT2D eigenvalue weighted by Crippen LogP contribution is -1.75. The van der Waals surface area contributed by atoms with E-state index in [1.165, 1.54) is 0 Å². The third kappa shape index (κ3) is 2.59. The monoisotopic (exact) mass is 163 g/mol. The fraction of sp³-hybridized carbons (Fsp3) is 0. The Kier molecular flexibility index (Phi) is 4.28. The van der Waals surface area contributed by atoms with Crippen LogP contribution in [0.4, 0.5) is 5.69 Å². The van der Waals surface area contributed by atoms with Gasteiger partial charge in [0.2, 0.25) is 0 Å². The van der Waals surface area contributed by atoms with Gasteiger partial charge in [-0.2, -0.15) is 0 Å². The summed E-state index contributed by atoms with van der Waals surface area (Å²) in [6.07, 6.45) is 0. The SMILES string of the molecule is Cl.ClNc1ccccc1. The Morgan fingerprint density at radius 2 is 1.67 bits per heavy atom. The first-order chi connectivity index (χ1) is 3.93. The average molecular weight is 164 g/mol. The van der Waals surface area contributed by atoms with Crippen LogP contribution in [0.2, 0.25) is 0 Å². The fourth-order valence-electron chi connectivity index (χ4n) is 0.501. The zero-order valence-electron chi connectivity index (χ0n) is 4.67. The topological polar surface area (TPSA) is 12.0 Å². The van der Waals surface area contributed by atoms with Crippen molar-refractivity contribution in [3.05, 3.63) is 30.3 Å². The summed E-state index contributed by atoms with van der Waals surface area (Å²) in [5, 5.41) is 0. The zero-order chi connectivity index (χ0) is 5.82. The minimum Gasteiger partial charge on any atom is -0.299 e. The second-order valence-corrected chi connectivity index (χ2v) is 1.65. The maximum Gasteiger partial charge on any atom is 0.0491 e. The summed E-state index contributed by atoms with van der Waals surface area (Å²) < 4.78 is 0. The molecule has 9 heavy (non-hydrogen) atoms. The van der Waals surface area contributed by atoms with Gasteiger partial charge in [0.25, 0.3) is 0 Å². The molecule has 0 spiro atoms. The van der Waals surface area contributed by atoms with Crippen molar-refractivity contribution in [3.63, 3.8) is 0 Å². The molecular formula is C6H7Cl2N. The van der Waals surface area contributed by atoms with E-state index in [0.29, 0.717) is 0 Å². The molecule has 0 aliphatic rings. The van der Waals surface area contributed by atoms with E-state index in [1.54, 1.807) is 0 Å². The molecule has 0 radical (unpaired) electrons. The quantitative estimate of drug-likeness (QED) is 0.629. The van der Waals surface area contributed by atoms with Crippen LogP contribution in [0.1, 0.15) is 0 Å². The number of rotatable bonds is 1. The molecule has 1 nitrogen and oxygen atoms in total. The maximum atomic E-state index is 5.28. The average Bonchev–Trinajstić information content (AvgIpc) is 1.90. The normalized spacial score (nSPS) is 7.67. The number of hydrogen-bond donors (Lipinski definition) is 1. The number of anilines is 1. The predicted octanol–water partition coefficient (Wildman–Crippen LogP) is 2.67. The summed E-state index contributed by atoms with van der Waals surface area (Å²) in [4.78, 5) is 2.50. The van der Waals surface area contributed by atoms with Gasteiger partial charge in [-0.1, -0.05) is 18.2 Å². The van der Waals surface area contributed by atoms with Crippen LogP contribution >= 0.6 is 24.2 Å². The largest absolute Gasteiger partial charge is 0.299 e. The minimum absolute atomic E-state index is 0. The molecule has 0 atom stereocenters. The van der Waals surface area contributed by atoms with Crippen molar-refractivity contribution in [3.8, 4) is 0 Å². The van der Waals surface area contributed by atoms with Gasteiger partial charge in [-0.05, 0) is 12.1 Å². The lowest BCUT2D eigenvalue weighted by atomic mass is 10.3. The highest BCUT2D eigenvalue weighted by molar-refractivity contribution is 6.23. The molecule has 1 N–H and O–H groups in total. The molecule has 50 valence electrons. The second-order valence-electron chi connectivity index (χ2n) is 1.46. The Labute approximate surface area is 65.5 Å². The van der Waals surface area contributed by atoms with Crippen LogP contribution in [0.3, 0.4) is 0 Å². The molecule has 1 aromatic carbocycles. The van der Waals surface area contributed by atoms with Gasteiger partial charge in [0.05, 0.1) is 0 Å². The Bertz CT molecular complexity index is 152. The van der Waals surface area contributed by atoms with E-state index in [2.05, 4.69) is 4.84 Å². The first kappa shape index (κ1) is 8.60. The fourth-order valence-corrected chi connectivity index (χ4v) is 0.627. The second kappa shape index (κ2) is 4.48. The van der Waals surface area contributed by atoms with Crippen molar-refractivity contribution < 1.29 is 0 Å². The van der Waals surface area contributed by atoms with Crippen LogP contribution in [-0.4, -0.2) is 0 Å². The first-order valence-corrected chi connectivity index (χ1v) is 2.73. The highest BCUT2D eigenvalue weighted by Crippen LogP contribution is 2.04. The first-order valence-electron chi connectivity index (χ1n) is 2.35. The Hall–Kier alpha value is -0.400. The maximum absolute atomic E-state index is 5.28. The highest BCUT2D eigenvalue weighted by Gasteiger charge is 1.79. The third-order valence-electron chi connectivity index (χ3n) is 0.883. The van der Waals surface area contributed by atoms with E-state index in [0.717, 1.165) is 5.69 Å². The zero-order valence-corrected chi connectivity index (χ0v) is 6.25. The Morgan fingerprint density at radius 1 is 1.11 bits per heavy atom. The van der Waals surface area contributed by atoms with Crippen molar-refractivity contribution in [2.24, 2.45) is 0 Å². The number of nitrogens with one attached hydrogen (secondary N) is 1. The van der Waals surface area contributed by atoms with Crippen molar-refractivity contribution in [2.45, 2.75) is 0 Å². The molecule has 0 amide bonds. The van der Waals surface area contributed by atoms with Gasteiger partial charge in [0, 0.05) is 17.5 Å². The molecule has 0 aliphatic heterocycles. The number of benzene rings is 1. The van der Waals surface area contributed by atoms with Crippen molar-refractivity contribution in [1.82, 2.24) is 0 Å². The molecule has 3 heteroatoms. The highest BCUT2D eigenvalue weighted by atomic mass is 35.5. The van der Waals surface area contributed by atoms with Crippen LogP contribution in [0.15, 0.2) is 30.3 Å². The number of hydrogen-bond acceptors (Lipinski definition) is 1. The lowest BCUT2D eigenvalue weighted by molar-refractivity contribution is 1.68. The van der Waals surface area contributed by atoms with E-state index >= 15 is 0 Å². The lowest BCUT2D eigenvalue weighted by Gasteiger charge is -1.91. The molecule has 0 fully saturated rings. The molecule has 0 bridgehead atoms. The van der Waals surface area contributed by atoms with E-state index in [-0.39, 0.29) is 12.4 Å². The third-order valence-corrected chi connectivity index (χ3v) is 1.10. The molecule has 0 unspecified atom stereocenters. The number of para-hydroxylation sites is 1. The molecule has 0 saturated carbocycles. The molecule has 1 rings (SSSR count). The summed E-state index contributed by atoms with van der Waals surface area (Å²) in [7, 11) is 0. The molecular weight excluding hydrogens is 157 g/mol. The van der Waals surface area contributed by atoms with Crippen LogP contribution < -0.4 is 4.84 Å². The van der Waals surface area contributed by atoms with Gasteiger partial charge < -0.3 is 0 Å². The number of halogens is 2. The van der Waals surface area contributed by atoms with E-state index < -0.39 is 0 Å². The minimum atomic E-state index is 0. The van der Waals surface area contributed by atoms with Crippen LogP contribution in [0, 0.1) is 0 Å². The van der Waals surface area contributed by atoms with Crippen molar-refractivity contribution >= 4 is 29.9 Å². The Balaban J connectivity index is 0.000000640. The van der Waals surface area contributed by atoms with Gasteiger partial charge in [0.15, 0.2) is 0 Å². The van der Waals surface area contributed by atoms with Gasteiger partial charge in [0.1, 0.15) is 0 Å². The molecule has 1 aromatic rings. The smallest absolute Gasteiger partial charge is 0.0491 e. The molecule has 0 aliphatic carbocycles.